The number of hydrogen-bond acceptors (Lipinski definition) is 5. The van der Waals surface area contributed by atoms with E-state index in [1.807, 2.05) is 6.92 Å². The molecule has 1 aromatic heterocycles. The van der Waals surface area contributed by atoms with Crippen molar-refractivity contribution in [2.24, 2.45) is 0 Å². The van der Waals surface area contributed by atoms with E-state index < -0.39 is 0 Å². The first-order valence-electron chi connectivity index (χ1n) is 7.35. The van der Waals surface area contributed by atoms with Crippen molar-refractivity contribution in [2.45, 2.75) is 32.7 Å². The number of aryl methyl sites for hydroxylation is 1. The van der Waals surface area contributed by atoms with Gasteiger partial charge in [0.1, 0.15) is 5.82 Å². The van der Waals surface area contributed by atoms with Crippen LogP contribution in [0.3, 0.4) is 0 Å². The van der Waals surface area contributed by atoms with E-state index in [1.54, 1.807) is 0 Å². The fourth-order valence-electron chi connectivity index (χ4n) is 3.15. The molecule has 1 aromatic rings. The van der Waals surface area contributed by atoms with Gasteiger partial charge in [-0.25, -0.2) is 4.98 Å². The molecule has 0 saturated carbocycles. The van der Waals surface area contributed by atoms with Gasteiger partial charge in [0.2, 0.25) is 5.95 Å². The molecule has 3 rings (SSSR count). The lowest BCUT2D eigenvalue weighted by Crippen LogP contribution is -2.50. The molecule has 0 aliphatic carbocycles. The molecule has 2 fully saturated rings. The number of piperazine rings is 1. The maximum atomic E-state index is 4.65. The summed E-state index contributed by atoms with van der Waals surface area (Å²) in [4.78, 5) is 14.1. The number of hydrogen-bond donors (Lipinski definition) is 1. The first kappa shape index (κ1) is 12.7. The van der Waals surface area contributed by atoms with Gasteiger partial charge < -0.3 is 10.2 Å². The lowest BCUT2D eigenvalue weighted by molar-refractivity contribution is 0.230. The minimum atomic E-state index is 0.728. The maximum absolute atomic E-state index is 4.65. The molecule has 2 aliphatic heterocycles. The summed E-state index contributed by atoms with van der Waals surface area (Å²) in [6.45, 7) is 9.62. The van der Waals surface area contributed by atoms with Gasteiger partial charge in [0.25, 0.3) is 0 Å². The summed E-state index contributed by atoms with van der Waals surface area (Å²) in [6, 6.07) is 2.83. The van der Waals surface area contributed by atoms with Gasteiger partial charge >= 0.3 is 0 Å². The molecule has 0 spiro atoms. The van der Waals surface area contributed by atoms with Gasteiger partial charge in [-0.05, 0) is 33.2 Å². The number of nitrogens with zero attached hydrogens (tertiary/aromatic N) is 4. The van der Waals surface area contributed by atoms with Gasteiger partial charge in [0, 0.05) is 44.0 Å². The number of aromatic nitrogens is 2. The second kappa shape index (κ2) is 5.33. The van der Waals surface area contributed by atoms with Crippen molar-refractivity contribution >= 4 is 11.8 Å². The largest absolute Gasteiger partial charge is 0.354 e. The van der Waals surface area contributed by atoms with Gasteiger partial charge in [-0.15, -0.1) is 0 Å². The van der Waals surface area contributed by atoms with Gasteiger partial charge in [-0.2, -0.15) is 4.98 Å². The Morgan fingerprint density at radius 3 is 3.05 bits per heavy atom. The predicted octanol–water partition coefficient (Wildman–Crippen LogP) is 1.50. The van der Waals surface area contributed by atoms with Gasteiger partial charge in [0.15, 0.2) is 0 Å². The third kappa shape index (κ3) is 2.66. The molecule has 1 atom stereocenters. The van der Waals surface area contributed by atoms with Crippen molar-refractivity contribution < 1.29 is 0 Å². The summed E-state index contributed by atoms with van der Waals surface area (Å²) in [7, 11) is 0. The Hall–Kier alpha value is -1.36. The molecule has 0 bridgehead atoms. The van der Waals surface area contributed by atoms with E-state index in [-0.39, 0.29) is 0 Å². The van der Waals surface area contributed by atoms with Crippen molar-refractivity contribution in [3.05, 3.63) is 11.8 Å². The van der Waals surface area contributed by atoms with Gasteiger partial charge in [-0.3, -0.25) is 4.90 Å². The smallest absolute Gasteiger partial charge is 0.224 e. The molecule has 0 aromatic carbocycles. The molecule has 5 nitrogen and oxygen atoms in total. The minimum absolute atomic E-state index is 0.728. The van der Waals surface area contributed by atoms with Crippen LogP contribution in [0.4, 0.5) is 11.8 Å². The molecular weight excluding hydrogens is 238 g/mol. The zero-order valence-electron chi connectivity index (χ0n) is 11.9. The van der Waals surface area contributed by atoms with Crippen LogP contribution >= 0.6 is 0 Å². The number of anilines is 2. The van der Waals surface area contributed by atoms with Crippen LogP contribution in [0.5, 0.6) is 0 Å². The van der Waals surface area contributed by atoms with E-state index in [4.69, 9.17) is 0 Å². The van der Waals surface area contributed by atoms with Crippen LogP contribution < -0.4 is 10.2 Å². The predicted molar refractivity (Wildman–Crippen MR) is 77.7 cm³/mol. The third-order valence-electron chi connectivity index (χ3n) is 4.09. The fourth-order valence-corrected chi connectivity index (χ4v) is 3.15. The topological polar surface area (TPSA) is 44.3 Å². The van der Waals surface area contributed by atoms with E-state index in [2.05, 4.69) is 38.1 Å². The first-order chi connectivity index (χ1) is 9.26. The zero-order chi connectivity index (χ0) is 13.2. The Balaban J connectivity index is 1.77. The molecule has 1 unspecified atom stereocenters. The summed E-state index contributed by atoms with van der Waals surface area (Å²) in [5.41, 5.74) is 1.04. The van der Waals surface area contributed by atoms with Crippen molar-refractivity contribution in [3.63, 3.8) is 0 Å². The van der Waals surface area contributed by atoms with Crippen molar-refractivity contribution in [1.29, 1.82) is 0 Å². The lowest BCUT2D eigenvalue weighted by Gasteiger charge is -2.38. The lowest BCUT2D eigenvalue weighted by atomic mass is 10.1. The van der Waals surface area contributed by atoms with Gasteiger partial charge in [-0.1, -0.05) is 0 Å². The highest BCUT2D eigenvalue weighted by Gasteiger charge is 2.31. The van der Waals surface area contributed by atoms with E-state index in [0.717, 1.165) is 43.1 Å². The van der Waals surface area contributed by atoms with Crippen LogP contribution in [0.2, 0.25) is 0 Å². The average Bonchev–Trinajstić information content (AvgIpc) is 2.85. The van der Waals surface area contributed by atoms with E-state index >= 15 is 0 Å². The Bertz CT molecular complexity index is 447. The van der Waals surface area contributed by atoms with Crippen molar-refractivity contribution in [3.8, 4) is 0 Å². The summed E-state index contributed by atoms with van der Waals surface area (Å²) in [5.74, 6) is 1.83. The molecule has 0 amide bonds. The van der Waals surface area contributed by atoms with Crippen molar-refractivity contribution in [1.82, 2.24) is 14.9 Å². The fraction of sp³-hybridized carbons (Fsp3) is 0.714. The normalized spacial score (nSPS) is 23.5. The minimum Gasteiger partial charge on any atom is -0.354 e. The second-order valence-electron chi connectivity index (χ2n) is 5.50. The number of fused-ring (bicyclic) bond motifs is 1. The highest BCUT2D eigenvalue weighted by Crippen LogP contribution is 2.25. The van der Waals surface area contributed by atoms with Crippen LogP contribution in [0, 0.1) is 6.92 Å². The SMILES string of the molecule is CCNc1nc(C)cc(N2CCN3CCCC3C2)n1. The Morgan fingerprint density at radius 1 is 1.32 bits per heavy atom. The number of rotatable bonds is 3. The molecule has 2 aliphatic rings. The zero-order valence-corrected chi connectivity index (χ0v) is 11.9. The third-order valence-corrected chi connectivity index (χ3v) is 4.09. The van der Waals surface area contributed by atoms with Crippen LogP contribution in [-0.2, 0) is 0 Å². The average molecular weight is 261 g/mol. The maximum Gasteiger partial charge on any atom is 0.224 e. The Kier molecular flexibility index (Phi) is 3.55. The Morgan fingerprint density at radius 2 is 2.21 bits per heavy atom. The molecule has 3 heterocycles. The van der Waals surface area contributed by atoms with E-state index in [9.17, 15) is 0 Å². The van der Waals surface area contributed by atoms with Crippen molar-refractivity contribution in [2.75, 3.05) is 42.9 Å². The van der Waals surface area contributed by atoms with Crippen LogP contribution in [-0.4, -0.2) is 53.6 Å². The molecule has 0 radical (unpaired) electrons. The van der Waals surface area contributed by atoms with E-state index in [1.165, 1.54) is 25.9 Å². The summed E-state index contributed by atoms with van der Waals surface area (Å²) < 4.78 is 0. The summed E-state index contributed by atoms with van der Waals surface area (Å²) >= 11 is 0. The van der Waals surface area contributed by atoms with Crippen LogP contribution in [0.1, 0.15) is 25.5 Å². The summed E-state index contributed by atoms with van der Waals surface area (Å²) in [5, 5.41) is 3.21. The van der Waals surface area contributed by atoms with E-state index in [0.29, 0.717) is 0 Å². The standard InChI is InChI=1S/C14H23N5/c1-3-15-14-16-11(2)9-13(17-14)19-8-7-18-6-4-5-12(18)10-19/h9,12H,3-8,10H2,1-2H3,(H,15,16,17). The Labute approximate surface area is 115 Å². The molecular formula is C14H23N5. The number of nitrogens with one attached hydrogen (secondary N) is 1. The second-order valence-corrected chi connectivity index (χ2v) is 5.50. The molecule has 19 heavy (non-hydrogen) atoms. The quantitative estimate of drug-likeness (QED) is 0.893. The first-order valence-corrected chi connectivity index (χ1v) is 7.35. The van der Waals surface area contributed by atoms with Crippen LogP contribution in [0.15, 0.2) is 6.07 Å². The molecule has 2 saturated heterocycles. The highest BCUT2D eigenvalue weighted by molar-refractivity contribution is 5.45. The molecule has 5 heteroatoms. The molecule has 104 valence electrons. The van der Waals surface area contributed by atoms with Crippen LogP contribution in [0.25, 0.3) is 0 Å². The molecule has 1 N–H and O–H groups in total. The summed E-state index contributed by atoms with van der Waals surface area (Å²) in [6.07, 6.45) is 2.69. The highest BCUT2D eigenvalue weighted by atomic mass is 15.3. The monoisotopic (exact) mass is 261 g/mol. The van der Waals surface area contributed by atoms with Gasteiger partial charge in [0.05, 0.1) is 0 Å².